The van der Waals surface area contributed by atoms with Gasteiger partial charge in [0.05, 0.1) is 6.10 Å². The normalized spacial score (nSPS) is 15.3. The van der Waals surface area contributed by atoms with Crippen molar-refractivity contribution in [1.29, 1.82) is 0 Å². The third kappa shape index (κ3) is 6.25. The summed E-state index contributed by atoms with van der Waals surface area (Å²) in [6, 6.07) is 29.8. The van der Waals surface area contributed by atoms with Gasteiger partial charge >= 0.3 is 0 Å². The van der Waals surface area contributed by atoms with Gasteiger partial charge < -0.3 is 10.4 Å². The van der Waals surface area contributed by atoms with Gasteiger partial charge in [0, 0.05) is 12.3 Å². The summed E-state index contributed by atoms with van der Waals surface area (Å²) in [5, 5.41) is 17.1. The van der Waals surface area contributed by atoms with Crippen molar-refractivity contribution in [3.63, 3.8) is 0 Å². The van der Waals surface area contributed by atoms with E-state index in [1.165, 1.54) is 22.6 Å². The molecule has 30 heavy (non-hydrogen) atoms. The number of hydrogen-bond acceptors (Lipinski definition) is 2. The predicted molar refractivity (Wildman–Crippen MR) is 131 cm³/mol. The molecule has 3 aromatic carbocycles. The Morgan fingerprint density at radius 2 is 1.37 bits per heavy atom. The number of hydrogen-bond donors (Lipinski definition) is 2. The van der Waals surface area contributed by atoms with Crippen LogP contribution in [-0.4, -0.2) is 17.4 Å². The van der Waals surface area contributed by atoms with Gasteiger partial charge in [-0.3, -0.25) is 0 Å². The SMILES string of the molecule is CC[C@H](C)Cc1ccc(P(CN[C@@H](C)[C@H](O)c2ccccc2)c2ccccc2)cc1. The molecule has 2 nitrogen and oxygen atoms in total. The smallest absolute Gasteiger partial charge is 0.0940 e. The molecule has 0 bridgehead atoms. The second-order valence-corrected chi connectivity index (χ2v) is 10.4. The highest BCUT2D eigenvalue weighted by molar-refractivity contribution is 7.72. The van der Waals surface area contributed by atoms with Crippen molar-refractivity contribution in [2.75, 3.05) is 6.29 Å². The van der Waals surface area contributed by atoms with Gasteiger partial charge in [-0.25, -0.2) is 0 Å². The minimum absolute atomic E-state index is 0.0224. The fourth-order valence-corrected chi connectivity index (χ4v) is 5.76. The molecule has 3 heteroatoms. The quantitative estimate of drug-likeness (QED) is 0.433. The number of nitrogens with one attached hydrogen (secondary N) is 1. The van der Waals surface area contributed by atoms with Crippen LogP contribution in [0.25, 0.3) is 0 Å². The molecule has 0 heterocycles. The standard InChI is InChI=1S/C27H34NOP/c1-4-21(2)19-23-15-17-26(18-16-23)30(25-13-9-6-10-14-25)20-28-22(3)27(29)24-11-7-5-8-12-24/h5-18,21-22,27-29H,4,19-20H2,1-3H3/t21-,22-,27-,30?/m0/s1. The van der Waals surface area contributed by atoms with Crippen molar-refractivity contribution in [2.45, 2.75) is 45.8 Å². The monoisotopic (exact) mass is 419 g/mol. The Labute approximate surface area is 183 Å². The largest absolute Gasteiger partial charge is 0.387 e. The maximum absolute atomic E-state index is 10.7. The van der Waals surface area contributed by atoms with Crippen LogP contribution in [0, 0.1) is 5.92 Å². The third-order valence-corrected chi connectivity index (χ3v) is 8.12. The molecule has 0 amide bonds. The zero-order chi connectivity index (χ0) is 21.3. The van der Waals surface area contributed by atoms with Gasteiger partial charge in [0.1, 0.15) is 0 Å². The highest BCUT2D eigenvalue weighted by atomic mass is 31.1. The molecule has 2 N–H and O–H groups in total. The zero-order valence-corrected chi connectivity index (χ0v) is 19.2. The van der Waals surface area contributed by atoms with Crippen LogP contribution in [0.3, 0.4) is 0 Å². The molecule has 1 unspecified atom stereocenters. The molecule has 0 spiro atoms. The molecule has 0 radical (unpaired) electrons. The molecule has 0 fully saturated rings. The van der Waals surface area contributed by atoms with Crippen LogP contribution in [0.1, 0.15) is 44.4 Å². The van der Waals surface area contributed by atoms with Crippen molar-refractivity contribution in [3.05, 3.63) is 96.1 Å². The van der Waals surface area contributed by atoms with Crippen LogP contribution in [-0.2, 0) is 6.42 Å². The summed E-state index contributed by atoms with van der Waals surface area (Å²) < 4.78 is 0. The fraction of sp³-hybridized carbons (Fsp3) is 0.333. The lowest BCUT2D eigenvalue weighted by Crippen LogP contribution is -2.34. The highest BCUT2D eigenvalue weighted by Crippen LogP contribution is 2.33. The molecule has 0 saturated heterocycles. The maximum Gasteiger partial charge on any atom is 0.0940 e. The van der Waals surface area contributed by atoms with Crippen LogP contribution in [0.15, 0.2) is 84.9 Å². The molecule has 3 aromatic rings. The zero-order valence-electron chi connectivity index (χ0n) is 18.3. The molecule has 0 aliphatic heterocycles. The third-order valence-electron chi connectivity index (χ3n) is 5.78. The Hall–Kier alpha value is -1.99. The minimum atomic E-state index is -0.536. The van der Waals surface area contributed by atoms with Gasteiger partial charge in [-0.05, 0) is 48.9 Å². The van der Waals surface area contributed by atoms with Crippen molar-refractivity contribution in [1.82, 2.24) is 5.32 Å². The van der Waals surface area contributed by atoms with Gasteiger partial charge in [0.15, 0.2) is 0 Å². The van der Waals surface area contributed by atoms with Crippen LogP contribution >= 0.6 is 7.92 Å². The number of aliphatic hydroxyl groups is 1. The first kappa shape index (κ1) is 22.7. The average molecular weight is 420 g/mol. The van der Waals surface area contributed by atoms with E-state index in [9.17, 15) is 5.11 Å². The lowest BCUT2D eigenvalue weighted by molar-refractivity contribution is 0.139. The van der Waals surface area contributed by atoms with E-state index in [0.29, 0.717) is 5.92 Å². The molecule has 4 atom stereocenters. The Kier molecular flexibility index (Phi) is 8.63. The van der Waals surface area contributed by atoms with Crippen LogP contribution in [0.5, 0.6) is 0 Å². The second kappa shape index (κ2) is 11.4. The molecule has 0 aliphatic carbocycles. The summed E-state index contributed by atoms with van der Waals surface area (Å²) in [6.07, 6.45) is 2.68. The van der Waals surface area contributed by atoms with Gasteiger partial charge in [0.25, 0.3) is 0 Å². The lowest BCUT2D eigenvalue weighted by Gasteiger charge is -2.25. The number of rotatable bonds is 10. The number of aliphatic hydroxyl groups excluding tert-OH is 1. The van der Waals surface area contributed by atoms with Crippen LogP contribution in [0.2, 0.25) is 0 Å². The van der Waals surface area contributed by atoms with Crippen LogP contribution in [0.4, 0.5) is 0 Å². The van der Waals surface area contributed by atoms with Crippen molar-refractivity contribution in [3.8, 4) is 0 Å². The van der Waals surface area contributed by atoms with Crippen molar-refractivity contribution < 1.29 is 5.11 Å². The Balaban J connectivity index is 1.73. The first-order valence-electron chi connectivity index (χ1n) is 11.0. The van der Waals surface area contributed by atoms with Crippen LogP contribution < -0.4 is 15.9 Å². The summed E-state index contributed by atoms with van der Waals surface area (Å²) in [5.41, 5.74) is 2.37. The highest BCUT2D eigenvalue weighted by Gasteiger charge is 2.19. The lowest BCUT2D eigenvalue weighted by atomic mass is 9.99. The fourth-order valence-electron chi connectivity index (χ4n) is 3.58. The van der Waals surface area contributed by atoms with Gasteiger partial charge in [-0.1, -0.05) is 105 Å². The van der Waals surface area contributed by atoms with E-state index < -0.39 is 14.0 Å². The Morgan fingerprint density at radius 3 is 1.97 bits per heavy atom. The molecular weight excluding hydrogens is 385 g/mol. The van der Waals surface area contributed by atoms with Crippen molar-refractivity contribution >= 4 is 18.5 Å². The summed E-state index contributed by atoms with van der Waals surface area (Å²) in [5.74, 6) is 0.716. The van der Waals surface area contributed by atoms with Gasteiger partial charge in [-0.2, -0.15) is 0 Å². The van der Waals surface area contributed by atoms with E-state index in [2.05, 4.69) is 80.7 Å². The summed E-state index contributed by atoms with van der Waals surface area (Å²) in [4.78, 5) is 0. The first-order valence-corrected chi connectivity index (χ1v) is 12.5. The summed E-state index contributed by atoms with van der Waals surface area (Å²) in [7, 11) is -0.536. The minimum Gasteiger partial charge on any atom is -0.387 e. The molecule has 0 aromatic heterocycles. The predicted octanol–water partition coefficient (Wildman–Crippen LogP) is 5.38. The summed E-state index contributed by atoms with van der Waals surface area (Å²) >= 11 is 0. The van der Waals surface area contributed by atoms with E-state index in [1.54, 1.807) is 0 Å². The van der Waals surface area contributed by atoms with Crippen molar-refractivity contribution in [2.24, 2.45) is 5.92 Å². The first-order chi connectivity index (χ1) is 14.6. The van der Waals surface area contributed by atoms with Gasteiger partial charge in [0.2, 0.25) is 0 Å². The molecule has 0 aliphatic rings. The van der Waals surface area contributed by atoms with E-state index in [1.807, 2.05) is 30.3 Å². The van der Waals surface area contributed by atoms with E-state index in [4.69, 9.17) is 0 Å². The van der Waals surface area contributed by atoms with E-state index in [0.717, 1.165) is 18.3 Å². The summed E-state index contributed by atoms with van der Waals surface area (Å²) in [6.45, 7) is 6.63. The maximum atomic E-state index is 10.7. The molecule has 0 saturated carbocycles. The number of benzene rings is 3. The van der Waals surface area contributed by atoms with E-state index in [-0.39, 0.29) is 6.04 Å². The van der Waals surface area contributed by atoms with E-state index >= 15 is 0 Å². The van der Waals surface area contributed by atoms with Gasteiger partial charge in [-0.15, -0.1) is 0 Å². The topological polar surface area (TPSA) is 32.3 Å². The molecular formula is C27H34NOP. The average Bonchev–Trinajstić information content (AvgIpc) is 2.80. The Morgan fingerprint density at radius 1 is 0.800 bits per heavy atom. The molecule has 158 valence electrons. The second-order valence-electron chi connectivity index (χ2n) is 8.15. The molecule has 3 rings (SSSR count). The Bertz CT molecular complexity index is 866.